The van der Waals surface area contributed by atoms with Crippen LogP contribution in [0.4, 0.5) is 0 Å². The molecule has 0 saturated carbocycles. The molecule has 0 aromatic heterocycles. The van der Waals surface area contributed by atoms with Crippen LogP contribution in [0.3, 0.4) is 0 Å². The molecule has 0 N–H and O–H groups in total. The summed E-state index contributed by atoms with van der Waals surface area (Å²) in [4.78, 5) is 2.32. The quantitative estimate of drug-likeness (QED) is 0.599. The Morgan fingerprint density at radius 3 is 2.67 bits per heavy atom. The topological polar surface area (TPSA) is 25.0 Å². The van der Waals surface area contributed by atoms with E-state index in [4.69, 9.17) is 9.47 Å². The van der Waals surface area contributed by atoms with Gasteiger partial charge in [0.05, 0.1) is 25.4 Å². The first-order valence-electron chi connectivity index (χ1n) is 4.26. The fourth-order valence-electron chi connectivity index (χ4n) is 1.51. The van der Waals surface area contributed by atoms with Crippen molar-refractivity contribution < 1.29 is 9.47 Å². The highest BCUT2D eigenvalue weighted by atomic mass is 35.5. The lowest BCUT2D eigenvalue weighted by Gasteiger charge is -2.29. The van der Waals surface area contributed by atoms with Crippen LogP contribution in [-0.2, 0) is 9.47 Å². The van der Waals surface area contributed by atoms with E-state index in [1.807, 2.05) is 0 Å². The van der Waals surface area contributed by atoms with Crippen molar-refractivity contribution in [3.8, 4) is 0 Å². The summed E-state index contributed by atoms with van der Waals surface area (Å²) in [7, 11) is 2.14. The molecule has 3 nitrogen and oxygen atoms in total. The van der Waals surface area contributed by atoms with Crippen molar-refractivity contribution in [2.75, 3.05) is 33.4 Å². The van der Waals surface area contributed by atoms with Gasteiger partial charge in [-0.15, -0.1) is 12.4 Å². The Morgan fingerprint density at radius 1 is 1.33 bits per heavy atom. The SMILES string of the molecule is CN1CCOC(CC2CO2)C1.Cl. The molecule has 2 atom stereocenters. The number of epoxide rings is 1. The van der Waals surface area contributed by atoms with E-state index >= 15 is 0 Å². The van der Waals surface area contributed by atoms with E-state index in [2.05, 4.69) is 11.9 Å². The lowest BCUT2D eigenvalue weighted by atomic mass is 10.2. The molecule has 0 aromatic rings. The van der Waals surface area contributed by atoms with Gasteiger partial charge in [-0.1, -0.05) is 0 Å². The van der Waals surface area contributed by atoms with E-state index in [9.17, 15) is 0 Å². The van der Waals surface area contributed by atoms with Crippen LogP contribution in [0.2, 0.25) is 0 Å². The molecule has 0 aromatic carbocycles. The van der Waals surface area contributed by atoms with Crippen LogP contribution in [0.25, 0.3) is 0 Å². The summed E-state index contributed by atoms with van der Waals surface area (Å²) in [6, 6.07) is 0. The Morgan fingerprint density at radius 2 is 2.08 bits per heavy atom. The van der Waals surface area contributed by atoms with Gasteiger partial charge in [0.1, 0.15) is 0 Å². The summed E-state index contributed by atoms with van der Waals surface area (Å²) in [5, 5.41) is 0. The summed E-state index contributed by atoms with van der Waals surface area (Å²) >= 11 is 0. The predicted octanol–water partition coefficient (Wildman–Crippen LogP) is 0.528. The van der Waals surface area contributed by atoms with Crippen molar-refractivity contribution in [1.82, 2.24) is 4.90 Å². The summed E-state index contributed by atoms with van der Waals surface area (Å²) in [5.74, 6) is 0. The van der Waals surface area contributed by atoms with E-state index < -0.39 is 0 Å². The first kappa shape index (κ1) is 10.3. The van der Waals surface area contributed by atoms with E-state index in [1.54, 1.807) is 0 Å². The summed E-state index contributed by atoms with van der Waals surface area (Å²) < 4.78 is 10.7. The van der Waals surface area contributed by atoms with Crippen LogP contribution in [-0.4, -0.2) is 50.5 Å². The van der Waals surface area contributed by atoms with Gasteiger partial charge in [0.2, 0.25) is 0 Å². The smallest absolute Gasteiger partial charge is 0.0835 e. The Bertz CT molecular complexity index is 139. The molecule has 2 fully saturated rings. The zero-order valence-electron chi connectivity index (χ0n) is 7.36. The lowest BCUT2D eigenvalue weighted by Crippen LogP contribution is -2.40. The molecule has 72 valence electrons. The van der Waals surface area contributed by atoms with E-state index in [1.165, 1.54) is 0 Å². The Labute approximate surface area is 79.4 Å². The second-order valence-electron chi connectivity index (χ2n) is 3.45. The molecule has 2 rings (SSSR count). The van der Waals surface area contributed by atoms with Crippen LogP contribution in [0.5, 0.6) is 0 Å². The molecule has 12 heavy (non-hydrogen) atoms. The zero-order valence-corrected chi connectivity index (χ0v) is 8.18. The number of rotatable bonds is 2. The number of likely N-dealkylation sites (N-methyl/N-ethyl adjacent to an activating group) is 1. The maximum Gasteiger partial charge on any atom is 0.0835 e. The van der Waals surface area contributed by atoms with E-state index in [0.717, 1.165) is 32.7 Å². The van der Waals surface area contributed by atoms with Gasteiger partial charge in [0.25, 0.3) is 0 Å². The van der Waals surface area contributed by atoms with Crippen LogP contribution in [0, 0.1) is 0 Å². The fraction of sp³-hybridized carbons (Fsp3) is 1.00. The fourth-order valence-corrected chi connectivity index (χ4v) is 1.51. The van der Waals surface area contributed by atoms with Crippen molar-refractivity contribution in [2.24, 2.45) is 0 Å². The van der Waals surface area contributed by atoms with Gasteiger partial charge >= 0.3 is 0 Å². The zero-order chi connectivity index (χ0) is 7.68. The largest absolute Gasteiger partial charge is 0.375 e. The molecular weight excluding hydrogens is 178 g/mol. The number of nitrogens with zero attached hydrogens (tertiary/aromatic N) is 1. The van der Waals surface area contributed by atoms with Gasteiger partial charge in [-0.2, -0.15) is 0 Å². The normalized spacial score (nSPS) is 35.8. The highest BCUT2D eigenvalue weighted by molar-refractivity contribution is 5.85. The van der Waals surface area contributed by atoms with Crippen LogP contribution in [0.15, 0.2) is 0 Å². The number of hydrogen-bond donors (Lipinski definition) is 0. The second kappa shape index (κ2) is 4.42. The molecule has 0 aliphatic carbocycles. The van der Waals surface area contributed by atoms with Crippen molar-refractivity contribution in [2.45, 2.75) is 18.6 Å². The third kappa shape index (κ3) is 2.90. The lowest BCUT2D eigenvalue weighted by molar-refractivity contribution is -0.0262. The molecule has 2 saturated heterocycles. The van der Waals surface area contributed by atoms with E-state index in [0.29, 0.717) is 12.2 Å². The highest BCUT2D eigenvalue weighted by Crippen LogP contribution is 2.19. The molecule has 0 amide bonds. The third-order valence-corrected chi connectivity index (χ3v) is 2.27. The number of hydrogen-bond acceptors (Lipinski definition) is 3. The standard InChI is InChI=1S/C8H15NO2.ClH/c1-9-2-3-10-7(5-9)4-8-6-11-8;/h7-8H,2-6H2,1H3;1H. The molecule has 2 aliphatic heterocycles. The maximum absolute atomic E-state index is 5.58. The monoisotopic (exact) mass is 193 g/mol. The molecule has 2 aliphatic rings. The molecule has 0 spiro atoms. The average molecular weight is 194 g/mol. The first-order valence-corrected chi connectivity index (χ1v) is 4.26. The predicted molar refractivity (Wildman–Crippen MR) is 48.8 cm³/mol. The second-order valence-corrected chi connectivity index (χ2v) is 3.45. The minimum atomic E-state index is 0. The van der Waals surface area contributed by atoms with Crippen molar-refractivity contribution in [1.29, 1.82) is 0 Å². The van der Waals surface area contributed by atoms with Gasteiger partial charge in [0, 0.05) is 19.5 Å². The Hall–Kier alpha value is 0.170. The molecular formula is C8H16ClNO2. The highest BCUT2D eigenvalue weighted by Gasteiger charge is 2.29. The van der Waals surface area contributed by atoms with Crippen LogP contribution in [0.1, 0.15) is 6.42 Å². The number of halogens is 1. The van der Waals surface area contributed by atoms with Gasteiger partial charge < -0.3 is 14.4 Å². The summed E-state index contributed by atoms with van der Waals surface area (Å²) in [5.41, 5.74) is 0. The van der Waals surface area contributed by atoms with Crippen molar-refractivity contribution >= 4 is 12.4 Å². The molecule has 2 unspecified atom stereocenters. The van der Waals surface area contributed by atoms with Gasteiger partial charge in [-0.25, -0.2) is 0 Å². The van der Waals surface area contributed by atoms with Crippen molar-refractivity contribution in [3.05, 3.63) is 0 Å². The summed E-state index contributed by atoms with van der Waals surface area (Å²) in [6.07, 6.45) is 2.01. The van der Waals surface area contributed by atoms with Crippen LogP contribution < -0.4 is 0 Å². The Balaban J connectivity index is 0.000000720. The third-order valence-electron chi connectivity index (χ3n) is 2.27. The van der Waals surface area contributed by atoms with Gasteiger partial charge in [0.15, 0.2) is 0 Å². The van der Waals surface area contributed by atoms with Crippen LogP contribution >= 0.6 is 12.4 Å². The summed E-state index contributed by atoms with van der Waals surface area (Å²) in [6.45, 7) is 3.97. The molecule has 4 heteroatoms. The average Bonchev–Trinajstić information content (AvgIpc) is 2.71. The molecule has 0 radical (unpaired) electrons. The molecule has 2 heterocycles. The van der Waals surface area contributed by atoms with Crippen molar-refractivity contribution in [3.63, 3.8) is 0 Å². The number of morpholine rings is 1. The minimum absolute atomic E-state index is 0. The minimum Gasteiger partial charge on any atom is -0.375 e. The first-order chi connectivity index (χ1) is 5.34. The maximum atomic E-state index is 5.58. The van der Waals surface area contributed by atoms with Gasteiger partial charge in [-0.05, 0) is 7.05 Å². The number of ether oxygens (including phenoxy) is 2. The van der Waals surface area contributed by atoms with E-state index in [-0.39, 0.29) is 12.4 Å². The Kier molecular flexibility index (Phi) is 3.77. The van der Waals surface area contributed by atoms with Gasteiger partial charge in [-0.3, -0.25) is 0 Å². The molecule has 0 bridgehead atoms.